The number of fused-ring (bicyclic) bond motifs is 1. The van der Waals surface area contributed by atoms with E-state index in [9.17, 15) is 5.11 Å². The van der Waals surface area contributed by atoms with E-state index in [0.29, 0.717) is 6.04 Å². The van der Waals surface area contributed by atoms with Crippen LogP contribution in [0.5, 0.6) is 5.75 Å². The lowest BCUT2D eigenvalue weighted by Gasteiger charge is -2.22. The maximum Gasteiger partial charge on any atom is 0.184 e. The SMILES string of the molecule is COc1ccc(NC(O)c2cc3sc(NC4CCCCC4)nc3s2)cc1. The fourth-order valence-electron chi connectivity index (χ4n) is 3.29. The predicted molar refractivity (Wildman–Crippen MR) is 110 cm³/mol. The average molecular weight is 390 g/mol. The number of hydrogen-bond acceptors (Lipinski definition) is 7. The maximum absolute atomic E-state index is 10.5. The van der Waals surface area contributed by atoms with E-state index in [2.05, 4.69) is 10.6 Å². The molecule has 4 rings (SSSR count). The third-order valence-corrected chi connectivity index (χ3v) is 6.85. The van der Waals surface area contributed by atoms with Crippen LogP contribution in [0.15, 0.2) is 30.3 Å². The number of thiazole rings is 1. The second-order valence-electron chi connectivity index (χ2n) is 6.59. The average Bonchev–Trinajstić information content (AvgIpc) is 3.22. The monoisotopic (exact) mass is 389 g/mol. The van der Waals surface area contributed by atoms with E-state index in [1.54, 1.807) is 18.4 Å². The Labute approximate surface area is 161 Å². The van der Waals surface area contributed by atoms with Crippen molar-refractivity contribution >= 4 is 43.0 Å². The molecule has 0 spiro atoms. The molecule has 1 atom stereocenters. The molecule has 0 aliphatic heterocycles. The molecule has 1 saturated carbocycles. The Morgan fingerprint density at radius 1 is 1.15 bits per heavy atom. The minimum atomic E-state index is -0.746. The predicted octanol–water partition coefficient (Wildman–Crippen LogP) is 5.21. The van der Waals surface area contributed by atoms with E-state index in [0.717, 1.165) is 31.0 Å². The highest BCUT2D eigenvalue weighted by molar-refractivity contribution is 7.29. The molecule has 1 aliphatic rings. The van der Waals surface area contributed by atoms with E-state index in [4.69, 9.17) is 9.72 Å². The highest BCUT2D eigenvalue weighted by atomic mass is 32.1. The van der Waals surface area contributed by atoms with Gasteiger partial charge in [0.05, 0.1) is 16.7 Å². The standard InChI is InChI=1S/C19H23N3O2S2/c1-24-14-9-7-13(8-10-14)20-17(23)15-11-16-18(25-15)22-19(26-16)21-12-5-3-2-4-6-12/h7-12,17,20,23H,2-6H2,1H3,(H,21,22). The zero-order valence-corrected chi connectivity index (χ0v) is 16.3. The van der Waals surface area contributed by atoms with Crippen LogP contribution in [0.1, 0.15) is 43.2 Å². The van der Waals surface area contributed by atoms with Crippen LogP contribution < -0.4 is 15.4 Å². The first kappa shape index (κ1) is 17.6. The third-order valence-electron chi connectivity index (χ3n) is 4.70. The zero-order valence-electron chi connectivity index (χ0n) is 14.7. The summed E-state index contributed by atoms with van der Waals surface area (Å²) in [6.45, 7) is 0. The van der Waals surface area contributed by atoms with Gasteiger partial charge in [-0.15, -0.1) is 11.3 Å². The molecule has 1 fully saturated rings. The highest BCUT2D eigenvalue weighted by Gasteiger charge is 2.18. The van der Waals surface area contributed by atoms with E-state index in [1.165, 1.54) is 43.4 Å². The molecule has 1 aliphatic carbocycles. The quantitative estimate of drug-likeness (QED) is 0.505. The van der Waals surface area contributed by atoms with Gasteiger partial charge in [0, 0.05) is 11.7 Å². The first-order valence-electron chi connectivity index (χ1n) is 8.97. The van der Waals surface area contributed by atoms with E-state index in [1.807, 2.05) is 30.3 Å². The summed E-state index contributed by atoms with van der Waals surface area (Å²) in [6, 6.07) is 10.1. The number of rotatable bonds is 6. The molecule has 5 nitrogen and oxygen atoms in total. The van der Waals surface area contributed by atoms with Gasteiger partial charge < -0.3 is 20.5 Å². The van der Waals surface area contributed by atoms with Crippen LogP contribution in [0.3, 0.4) is 0 Å². The number of aliphatic hydroxyl groups excluding tert-OH is 1. The Bertz CT molecular complexity index is 822. The Balaban J connectivity index is 1.42. The van der Waals surface area contributed by atoms with E-state index < -0.39 is 6.23 Å². The van der Waals surface area contributed by atoms with Gasteiger partial charge in [0.2, 0.25) is 0 Å². The first-order valence-corrected chi connectivity index (χ1v) is 10.6. The number of thiophene rings is 1. The van der Waals surface area contributed by atoms with E-state index in [-0.39, 0.29) is 0 Å². The van der Waals surface area contributed by atoms with Gasteiger partial charge in [-0.25, -0.2) is 4.98 Å². The normalized spacial score (nSPS) is 16.5. The van der Waals surface area contributed by atoms with Crippen molar-refractivity contribution in [2.45, 2.75) is 44.4 Å². The molecule has 2 aromatic heterocycles. The number of aromatic nitrogens is 1. The number of aliphatic hydroxyl groups is 1. The highest BCUT2D eigenvalue weighted by Crippen LogP contribution is 2.36. The number of anilines is 2. The molecule has 0 bridgehead atoms. The fraction of sp³-hybridized carbons (Fsp3) is 0.421. The van der Waals surface area contributed by atoms with Crippen molar-refractivity contribution in [2.75, 3.05) is 17.7 Å². The zero-order chi connectivity index (χ0) is 17.9. The minimum absolute atomic E-state index is 0.561. The van der Waals surface area contributed by atoms with Crippen molar-refractivity contribution in [3.8, 4) is 5.75 Å². The van der Waals surface area contributed by atoms with Crippen LogP contribution in [0.25, 0.3) is 9.53 Å². The lowest BCUT2D eigenvalue weighted by molar-refractivity contribution is 0.212. The molecule has 1 aromatic carbocycles. The molecule has 0 saturated heterocycles. The van der Waals surface area contributed by atoms with Crippen molar-refractivity contribution in [3.63, 3.8) is 0 Å². The van der Waals surface area contributed by atoms with Crippen molar-refractivity contribution in [3.05, 3.63) is 35.2 Å². The second-order valence-corrected chi connectivity index (χ2v) is 8.68. The Morgan fingerprint density at radius 3 is 2.62 bits per heavy atom. The van der Waals surface area contributed by atoms with Crippen molar-refractivity contribution in [1.82, 2.24) is 4.98 Å². The third kappa shape index (κ3) is 3.95. The molecule has 7 heteroatoms. The summed E-state index contributed by atoms with van der Waals surface area (Å²) in [5.41, 5.74) is 0.850. The molecule has 2 heterocycles. The summed E-state index contributed by atoms with van der Waals surface area (Å²) in [5.74, 6) is 0.795. The van der Waals surface area contributed by atoms with Gasteiger partial charge in [0.25, 0.3) is 0 Å². The van der Waals surface area contributed by atoms with Crippen molar-refractivity contribution in [2.24, 2.45) is 0 Å². The lowest BCUT2D eigenvalue weighted by atomic mass is 9.96. The molecule has 3 N–H and O–H groups in total. The van der Waals surface area contributed by atoms with Crippen molar-refractivity contribution in [1.29, 1.82) is 0 Å². The molecular formula is C19H23N3O2S2. The first-order chi connectivity index (χ1) is 12.7. The van der Waals surface area contributed by atoms with E-state index >= 15 is 0 Å². The lowest BCUT2D eigenvalue weighted by Crippen LogP contribution is -2.21. The number of hydrogen-bond donors (Lipinski definition) is 3. The Morgan fingerprint density at radius 2 is 1.92 bits per heavy atom. The van der Waals surface area contributed by atoms with Crippen LogP contribution in [-0.2, 0) is 0 Å². The summed E-state index contributed by atoms with van der Waals surface area (Å²) in [4.78, 5) is 6.57. The van der Waals surface area contributed by atoms with Gasteiger partial charge in [0.15, 0.2) is 11.4 Å². The van der Waals surface area contributed by atoms with Crippen LogP contribution in [-0.4, -0.2) is 23.2 Å². The molecule has 0 radical (unpaired) electrons. The number of nitrogens with one attached hydrogen (secondary N) is 2. The minimum Gasteiger partial charge on any atom is -0.497 e. The number of methoxy groups -OCH3 is 1. The van der Waals surface area contributed by atoms with Gasteiger partial charge in [-0.1, -0.05) is 30.6 Å². The summed E-state index contributed by atoms with van der Waals surface area (Å²) in [7, 11) is 1.64. The maximum atomic E-state index is 10.5. The fourth-order valence-corrected chi connectivity index (χ4v) is 5.43. The summed E-state index contributed by atoms with van der Waals surface area (Å²) in [5, 5.41) is 18.2. The molecule has 1 unspecified atom stereocenters. The second kappa shape index (κ2) is 7.82. The van der Waals surface area contributed by atoms with Gasteiger partial charge in [-0.3, -0.25) is 0 Å². The van der Waals surface area contributed by atoms with Crippen LogP contribution >= 0.6 is 22.7 Å². The van der Waals surface area contributed by atoms with Crippen molar-refractivity contribution < 1.29 is 9.84 Å². The van der Waals surface area contributed by atoms with Gasteiger partial charge in [0.1, 0.15) is 10.6 Å². The Kier molecular flexibility index (Phi) is 5.28. The van der Waals surface area contributed by atoms with Crippen LogP contribution in [0.2, 0.25) is 0 Å². The topological polar surface area (TPSA) is 66.4 Å². The number of ether oxygens (including phenoxy) is 1. The smallest absolute Gasteiger partial charge is 0.184 e. The molecule has 3 aromatic rings. The van der Waals surface area contributed by atoms with Gasteiger partial charge >= 0.3 is 0 Å². The van der Waals surface area contributed by atoms with Crippen LogP contribution in [0, 0.1) is 0 Å². The Hall–Kier alpha value is -1.83. The largest absolute Gasteiger partial charge is 0.497 e. The molecule has 138 valence electrons. The molecular weight excluding hydrogens is 366 g/mol. The summed E-state index contributed by atoms with van der Waals surface area (Å²) in [6.07, 6.45) is 5.71. The van der Waals surface area contributed by atoms with Gasteiger partial charge in [-0.05, 0) is 43.2 Å². The summed E-state index contributed by atoms with van der Waals surface area (Å²) >= 11 is 3.21. The van der Waals surface area contributed by atoms with Crippen LogP contribution in [0.4, 0.5) is 10.8 Å². The number of benzene rings is 1. The molecule has 26 heavy (non-hydrogen) atoms. The number of nitrogens with zero attached hydrogens (tertiary/aromatic N) is 1. The molecule has 0 amide bonds. The van der Waals surface area contributed by atoms with Gasteiger partial charge in [-0.2, -0.15) is 0 Å². The summed E-state index contributed by atoms with van der Waals surface area (Å²) < 4.78 is 6.28.